The van der Waals surface area contributed by atoms with E-state index < -0.39 is 10.8 Å². The average molecular weight is 381 g/mol. The number of rotatable bonds is 8. The van der Waals surface area contributed by atoms with Crippen molar-refractivity contribution in [1.82, 2.24) is 0 Å². The van der Waals surface area contributed by atoms with Crippen LogP contribution in [0.1, 0.15) is 70.6 Å². The van der Waals surface area contributed by atoms with E-state index in [1.54, 1.807) is 0 Å². The number of ketones is 1. The van der Waals surface area contributed by atoms with Crippen LogP contribution in [-0.2, 0) is 15.6 Å². The molecule has 0 saturated heterocycles. The molecule has 1 aromatic rings. The maximum atomic E-state index is 12.5. The quantitative estimate of drug-likeness (QED) is 0.523. The van der Waals surface area contributed by atoms with Crippen molar-refractivity contribution in [2.24, 2.45) is 11.8 Å². The van der Waals surface area contributed by atoms with E-state index in [1.165, 1.54) is 25.7 Å². The molecule has 0 radical (unpaired) electrons. The Morgan fingerprint density at radius 1 is 1.12 bits per heavy atom. The molecule has 0 amide bonds. The smallest absolute Gasteiger partial charge is 0.135 e. The molecule has 1 aromatic carbocycles. The van der Waals surface area contributed by atoms with Gasteiger partial charge in [0.25, 0.3) is 0 Å². The van der Waals surface area contributed by atoms with Gasteiger partial charge < -0.3 is 0 Å². The SMILES string of the molecule is O=C(CCCCC1CC(S(=O)c2cccc(Cl)c2)C1)C1CCCCC1. The highest BCUT2D eigenvalue weighted by Crippen LogP contribution is 2.37. The summed E-state index contributed by atoms with van der Waals surface area (Å²) in [6.45, 7) is 0. The Hall–Kier alpha value is -0.670. The standard InChI is InChI=1S/C21H29ClO2S/c22-18-10-6-11-19(15-18)25(24)20-13-16(14-20)7-4-5-12-21(23)17-8-2-1-3-9-17/h6,10-11,15-17,20H,1-5,7-9,12-14H2. The van der Waals surface area contributed by atoms with Crippen molar-refractivity contribution in [2.75, 3.05) is 0 Å². The number of unbranched alkanes of at least 4 members (excludes halogenated alkanes) is 1. The fourth-order valence-electron chi connectivity index (χ4n) is 4.23. The molecular formula is C21H29ClO2S. The molecule has 0 spiro atoms. The third-order valence-electron chi connectivity index (χ3n) is 5.87. The summed E-state index contributed by atoms with van der Waals surface area (Å²) in [6, 6.07) is 7.42. The summed E-state index contributed by atoms with van der Waals surface area (Å²) in [5.41, 5.74) is 0. The highest BCUT2D eigenvalue weighted by Gasteiger charge is 2.33. The summed E-state index contributed by atoms with van der Waals surface area (Å²) >= 11 is 5.99. The zero-order chi connectivity index (χ0) is 17.6. The number of benzene rings is 1. The fourth-order valence-corrected chi connectivity index (χ4v) is 6.22. The van der Waals surface area contributed by atoms with E-state index in [1.807, 2.05) is 24.3 Å². The number of carbonyl (C=O) groups is 1. The molecule has 4 heteroatoms. The second-order valence-corrected chi connectivity index (χ2v) is 9.93. The fraction of sp³-hybridized carbons (Fsp3) is 0.667. The first-order chi connectivity index (χ1) is 12.1. The van der Waals surface area contributed by atoms with Gasteiger partial charge in [-0.05, 0) is 56.2 Å². The molecular weight excluding hydrogens is 352 g/mol. The topological polar surface area (TPSA) is 34.1 Å². The van der Waals surface area contributed by atoms with Gasteiger partial charge in [0.1, 0.15) is 5.78 Å². The van der Waals surface area contributed by atoms with Gasteiger partial charge in [0, 0.05) is 27.5 Å². The second kappa shape index (κ2) is 9.32. The third kappa shape index (κ3) is 5.40. The molecule has 2 aliphatic rings. The van der Waals surface area contributed by atoms with Gasteiger partial charge in [-0.1, -0.05) is 49.8 Å². The highest BCUT2D eigenvalue weighted by molar-refractivity contribution is 7.85. The van der Waals surface area contributed by atoms with Gasteiger partial charge in [0.2, 0.25) is 0 Å². The Kier molecular flexibility index (Phi) is 7.12. The summed E-state index contributed by atoms with van der Waals surface area (Å²) in [5.74, 6) is 1.56. The lowest BCUT2D eigenvalue weighted by atomic mass is 9.80. The number of hydrogen-bond acceptors (Lipinski definition) is 2. The minimum absolute atomic E-state index is 0.285. The minimum Gasteiger partial charge on any atom is -0.299 e. The van der Waals surface area contributed by atoms with Crippen LogP contribution in [0.25, 0.3) is 0 Å². The van der Waals surface area contributed by atoms with E-state index >= 15 is 0 Å². The van der Waals surface area contributed by atoms with Crippen molar-refractivity contribution in [1.29, 1.82) is 0 Å². The Morgan fingerprint density at radius 2 is 1.88 bits per heavy atom. The monoisotopic (exact) mass is 380 g/mol. The first-order valence-electron chi connectivity index (χ1n) is 9.82. The average Bonchev–Trinajstić information content (AvgIpc) is 2.60. The Bertz CT molecular complexity index is 604. The van der Waals surface area contributed by atoms with Crippen molar-refractivity contribution in [3.05, 3.63) is 29.3 Å². The number of carbonyl (C=O) groups excluding carboxylic acids is 1. The molecule has 1 atom stereocenters. The lowest BCUT2D eigenvalue weighted by molar-refractivity contribution is -0.123. The first kappa shape index (κ1) is 19.1. The largest absolute Gasteiger partial charge is 0.299 e. The number of Topliss-reactive ketones (excluding diaryl/α,β-unsaturated/α-hetero) is 1. The molecule has 2 saturated carbocycles. The number of hydrogen-bond donors (Lipinski definition) is 0. The van der Waals surface area contributed by atoms with E-state index in [0.717, 1.165) is 49.8 Å². The van der Waals surface area contributed by atoms with Gasteiger partial charge in [-0.2, -0.15) is 0 Å². The molecule has 2 fully saturated rings. The van der Waals surface area contributed by atoms with Gasteiger partial charge >= 0.3 is 0 Å². The van der Waals surface area contributed by atoms with Gasteiger partial charge in [-0.15, -0.1) is 0 Å². The van der Waals surface area contributed by atoms with Crippen LogP contribution >= 0.6 is 11.6 Å². The Balaban J connectivity index is 1.30. The summed E-state index contributed by atoms with van der Waals surface area (Å²) in [5, 5.41) is 0.941. The van der Waals surface area contributed by atoms with Crippen LogP contribution < -0.4 is 0 Å². The van der Waals surface area contributed by atoms with Gasteiger partial charge in [0.05, 0.1) is 10.8 Å². The van der Waals surface area contributed by atoms with E-state index in [-0.39, 0.29) is 5.25 Å². The first-order valence-corrected chi connectivity index (χ1v) is 11.4. The van der Waals surface area contributed by atoms with E-state index in [0.29, 0.717) is 22.6 Å². The summed E-state index contributed by atoms with van der Waals surface area (Å²) in [7, 11) is -0.929. The van der Waals surface area contributed by atoms with Crippen LogP contribution in [0.2, 0.25) is 5.02 Å². The van der Waals surface area contributed by atoms with Crippen LogP contribution in [0.15, 0.2) is 29.2 Å². The molecule has 2 nitrogen and oxygen atoms in total. The van der Waals surface area contributed by atoms with Crippen LogP contribution in [-0.4, -0.2) is 15.2 Å². The van der Waals surface area contributed by atoms with Crippen LogP contribution in [0, 0.1) is 11.8 Å². The van der Waals surface area contributed by atoms with Gasteiger partial charge in [0.15, 0.2) is 0 Å². The minimum atomic E-state index is -0.929. The third-order valence-corrected chi connectivity index (χ3v) is 7.81. The maximum absolute atomic E-state index is 12.5. The summed E-state index contributed by atoms with van der Waals surface area (Å²) in [6.07, 6.45) is 12.3. The van der Waals surface area contributed by atoms with Crippen LogP contribution in [0.5, 0.6) is 0 Å². The maximum Gasteiger partial charge on any atom is 0.135 e. The van der Waals surface area contributed by atoms with E-state index in [4.69, 9.17) is 11.6 Å². The van der Waals surface area contributed by atoms with Crippen molar-refractivity contribution in [3.8, 4) is 0 Å². The normalized spacial score (nSPS) is 25.3. The zero-order valence-electron chi connectivity index (χ0n) is 14.9. The molecule has 2 aliphatic carbocycles. The predicted octanol–water partition coefficient (Wildman–Crippen LogP) is 5.94. The van der Waals surface area contributed by atoms with Crippen molar-refractivity contribution < 1.29 is 9.00 Å². The molecule has 1 unspecified atom stereocenters. The van der Waals surface area contributed by atoms with Crippen molar-refractivity contribution in [3.63, 3.8) is 0 Å². The molecule has 0 N–H and O–H groups in total. The van der Waals surface area contributed by atoms with E-state index in [9.17, 15) is 9.00 Å². The molecule has 25 heavy (non-hydrogen) atoms. The molecule has 0 aromatic heterocycles. The van der Waals surface area contributed by atoms with Crippen LogP contribution in [0.4, 0.5) is 0 Å². The van der Waals surface area contributed by atoms with Crippen molar-refractivity contribution in [2.45, 2.75) is 80.8 Å². The van der Waals surface area contributed by atoms with Crippen molar-refractivity contribution >= 4 is 28.2 Å². The summed E-state index contributed by atoms with van der Waals surface area (Å²) < 4.78 is 12.5. The number of halogens is 1. The highest BCUT2D eigenvalue weighted by atomic mass is 35.5. The lowest BCUT2D eigenvalue weighted by Gasteiger charge is -2.34. The van der Waals surface area contributed by atoms with Gasteiger partial charge in [-0.25, -0.2) is 0 Å². The Morgan fingerprint density at radius 3 is 2.60 bits per heavy atom. The van der Waals surface area contributed by atoms with Crippen LogP contribution in [0.3, 0.4) is 0 Å². The molecule has 138 valence electrons. The van der Waals surface area contributed by atoms with Gasteiger partial charge in [-0.3, -0.25) is 9.00 Å². The van der Waals surface area contributed by atoms with E-state index in [2.05, 4.69) is 0 Å². The predicted molar refractivity (Wildman–Crippen MR) is 104 cm³/mol. The lowest BCUT2D eigenvalue weighted by Crippen LogP contribution is -2.32. The molecule has 0 aliphatic heterocycles. The molecule has 0 bridgehead atoms. The Labute approximate surface area is 159 Å². The molecule has 0 heterocycles. The zero-order valence-corrected chi connectivity index (χ0v) is 16.5. The summed E-state index contributed by atoms with van der Waals surface area (Å²) in [4.78, 5) is 13.1. The second-order valence-electron chi connectivity index (χ2n) is 7.76. The molecule has 3 rings (SSSR count).